The zero-order valence-electron chi connectivity index (χ0n) is 6.82. The second-order valence-corrected chi connectivity index (χ2v) is 3.37. The molecule has 0 bridgehead atoms. The minimum absolute atomic E-state index is 0.0388. The first-order valence-electron chi connectivity index (χ1n) is 4.32. The molecule has 0 radical (unpaired) electrons. The molecular formula is C8H12N2O2. The van der Waals surface area contributed by atoms with Crippen LogP contribution >= 0.6 is 0 Å². The van der Waals surface area contributed by atoms with Gasteiger partial charge >= 0.3 is 0 Å². The number of rotatable bonds is 1. The topological polar surface area (TPSA) is 64.7 Å². The zero-order valence-corrected chi connectivity index (χ0v) is 6.82. The molecule has 1 aliphatic heterocycles. The SMILES string of the molecule is NC1=NC(=O)C(C2CCCC2)O1. The second kappa shape index (κ2) is 2.77. The van der Waals surface area contributed by atoms with Crippen molar-refractivity contribution in [1.82, 2.24) is 0 Å². The van der Waals surface area contributed by atoms with Gasteiger partial charge in [-0.25, -0.2) is 0 Å². The maximum absolute atomic E-state index is 11.2. The van der Waals surface area contributed by atoms with Crippen molar-refractivity contribution in [3.63, 3.8) is 0 Å². The number of carbonyl (C=O) groups is 1. The minimum atomic E-state index is -0.368. The van der Waals surface area contributed by atoms with Gasteiger partial charge < -0.3 is 10.5 Å². The molecule has 1 fully saturated rings. The van der Waals surface area contributed by atoms with E-state index in [1.807, 2.05) is 0 Å². The van der Waals surface area contributed by atoms with Crippen LogP contribution < -0.4 is 5.73 Å². The fraction of sp³-hybridized carbons (Fsp3) is 0.750. The molecule has 0 saturated heterocycles. The van der Waals surface area contributed by atoms with Crippen molar-refractivity contribution >= 4 is 11.9 Å². The van der Waals surface area contributed by atoms with Gasteiger partial charge in [0, 0.05) is 5.92 Å². The number of nitrogens with zero attached hydrogens (tertiary/aromatic N) is 1. The van der Waals surface area contributed by atoms with Crippen molar-refractivity contribution in [3.05, 3.63) is 0 Å². The lowest BCUT2D eigenvalue weighted by molar-refractivity contribution is -0.124. The van der Waals surface area contributed by atoms with Gasteiger partial charge in [-0.1, -0.05) is 12.8 Å². The van der Waals surface area contributed by atoms with E-state index in [4.69, 9.17) is 10.5 Å². The summed E-state index contributed by atoms with van der Waals surface area (Å²) in [5, 5.41) is 0. The molecule has 4 nitrogen and oxygen atoms in total. The summed E-state index contributed by atoms with van der Waals surface area (Å²) >= 11 is 0. The van der Waals surface area contributed by atoms with Crippen LogP contribution in [0.2, 0.25) is 0 Å². The van der Waals surface area contributed by atoms with Crippen molar-refractivity contribution in [1.29, 1.82) is 0 Å². The molecule has 0 aromatic rings. The lowest BCUT2D eigenvalue weighted by Gasteiger charge is -2.14. The van der Waals surface area contributed by atoms with Gasteiger partial charge in [0.1, 0.15) is 0 Å². The molecule has 0 aromatic heterocycles. The largest absolute Gasteiger partial charge is 0.451 e. The average Bonchev–Trinajstić information content (AvgIpc) is 2.58. The molecule has 0 aromatic carbocycles. The maximum Gasteiger partial charge on any atom is 0.291 e. The normalized spacial score (nSPS) is 30.5. The number of amidine groups is 1. The summed E-state index contributed by atoms with van der Waals surface area (Å²) in [7, 11) is 0. The standard InChI is InChI=1S/C8H12N2O2/c9-8-10-7(11)6(12-8)5-3-1-2-4-5/h5-6H,1-4H2,(H2,9,10,11). The van der Waals surface area contributed by atoms with Crippen LogP contribution in [0.4, 0.5) is 0 Å². The van der Waals surface area contributed by atoms with E-state index < -0.39 is 0 Å². The zero-order chi connectivity index (χ0) is 8.55. The smallest absolute Gasteiger partial charge is 0.291 e. The van der Waals surface area contributed by atoms with Gasteiger partial charge in [0.15, 0.2) is 6.10 Å². The molecule has 66 valence electrons. The molecular weight excluding hydrogens is 156 g/mol. The Bertz CT molecular complexity index is 231. The predicted octanol–water partition coefficient (Wildman–Crippen LogP) is 0.417. The van der Waals surface area contributed by atoms with Gasteiger partial charge in [-0.3, -0.25) is 4.79 Å². The van der Waals surface area contributed by atoms with Crippen LogP contribution in [-0.4, -0.2) is 18.0 Å². The third kappa shape index (κ3) is 1.17. The first-order valence-corrected chi connectivity index (χ1v) is 4.32. The van der Waals surface area contributed by atoms with E-state index in [9.17, 15) is 4.79 Å². The first kappa shape index (κ1) is 7.58. The molecule has 1 aliphatic carbocycles. The number of carbonyl (C=O) groups excluding carboxylic acids is 1. The highest BCUT2D eigenvalue weighted by Crippen LogP contribution is 2.31. The molecule has 2 N–H and O–H groups in total. The summed E-state index contributed by atoms with van der Waals surface area (Å²) in [5.41, 5.74) is 5.29. The quantitative estimate of drug-likeness (QED) is 0.617. The highest BCUT2D eigenvalue weighted by atomic mass is 16.5. The van der Waals surface area contributed by atoms with Gasteiger partial charge in [-0.05, 0) is 12.8 Å². The Kier molecular flexibility index (Phi) is 1.75. The van der Waals surface area contributed by atoms with Crippen LogP contribution in [0.3, 0.4) is 0 Å². The fourth-order valence-electron chi connectivity index (χ4n) is 1.94. The summed E-state index contributed by atoms with van der Waals surface area (Å²) in [4.78, 5) is 14.7. The van der Waals surface area contributed by atoms with E-state index >= 15 is 0 Å². The van der Waals surface area contributed by atoms with E-state index in [0.717, 1.165) is 12.8 Å². The predicted molar refractivity (Wildman–Crippen MR) is 43.5 cm³/mol. The van der Waals surface area contributed by atoms with Crippen LogP contribution in [0.5, 0.6) is 0 Å². The summed E-state index contributed by atoms with van der Waals surface area (Å²) in [5.74, 6) is 0.154. The molecule has 1 saturated carbocycles. The van der Waals surface area contributed by atoms with Crippen LogP contribution in [0, 0.1) is 5.92 Å². The summed E-state index contributed by atoms with van der Waals surface area (Å²) < 4.78 is 5.14. The fourth-order valence-corrected chi connectivity index (χ4v) is 1.94. The van der Waals surface area contributed by atoms with E-state index in [2.05, 4.69) is 4.99 Å². The Morgan fingerprint density at radius 3 is 2.58 bits per heavy atom. The molecule has 12 heavy (non-hydrogen) atoms. The van der Waals surface area contributed by atoms with Gasteiger partial charge in [-0.2, -0.15) is 4.99 Å². The molecule has 4 heteroatoms. The Balaban J connectivity index is 2.02. The number of amides is 1. The highest BCUT2D eigenvalue weighted by Gasteiger charge is 2.36. The monoisotopic (exact) mass is 168 g/mol. The number of hydrogen-bond acceptors (Lipinski definition) is 3. The lowest BCUT2D eigenvalue weighted by atomic mass is 10.0. The van der Waals surface area contributed by atoms with Crippen LogP contribution in [0.1, 0.15) is 25.7 Å². The lowest BCUT2D eigenvalue weighted by Crippen LogP contribution is -2.27. The maximum atomic E-state index is 11.2. The number of nitrogens with two attached hydrogens (primary N) is 1. The second-order valence-electron chi connectivity index (χ2n) is 3.37. The van der Waals surface area contributed by atoms with Crippen molar-refractivity contribution in [2.75, 3.05) is 0 Å². The van der Waals surface area contributed by atoms with Gasteiger partial charge in [0.05, 0.1) is 0 Å². The molecule has 1 unspecified atom stereocenters. The Morgan fingerprint density at radius 1 is 1.42 bits per heavy atom. The van der Waals surface area contributed by atoms with E-state index in [1.165, 1.54) is 12.8 Å². The molecule has 1 amide bonds. The van der Waals surface area contributed by atoms with E-state index in [1.54, 1.807) is 0 Å². The molecule has 1 heterocycles. The van der Waals surface area contributed by atoms with Crippen LogP contribution in [0.25, 0.3) is 0 Å². The van der Waals surface area contributed by atoms with E-state index in [0.29, 0.717) is 5.92 Å². The number of hydrogen-bond donors (Lipinski definition) is 1. The van der Waals surface area contributed by atoms with Gasteiger partial charge in [-0.15, -0.1) is 0 Å². The van der Waals surface area contributed by atoms with Crippen LogP contribution in [-0.2, 0) is 9.53 Å². The van der Waals surface area contributed by atoms with Gasteiger partial charge in [0.2, 0.25) is 0 Å². The first-order chi connectivity index (χ1) is 5.77. The van der Waals surface area contributed by atoms with E-state index in [-0.39, 0.29) is 18.0 Å². The number of aliphatic imine (C=N–C) groups is 1. The third-order valence-electron chi connectivity index (χ3n) is 2.54. The third-order valence-corrected chi connectivity index (χ3v) is 2.54. The number of ether oxygens (including phenoxy) is 1. The molecule has 0 spiro atoms. The highest BCUT2D eigenvalue weighted by molar-refractivity contribution is 5.98. The Labute approximate surface area is 70.8 Å². The van der Waals surface area contributed by atoms with Crippen LogP contribution in [0.15, 0.2) is 4.99 Å². The Morgan fingerprint density at radius 2 is 2.08 bits per heavy atom. The summed E-state index contributed by atoms with van der Waals surface area (Å²) in [6.45, 7) is 0. The van der Waals surface area contributed by atoms with Crippen molar-refractivity contribution in [3.8, 4) is 0 Å². The van der Waals surface area contributed by atoms with Gasteiger partial charge in [0.25, 0.3) is 11.9 Å². The summed E-state index contributed by atoms with van der Waals surface area (Å²) in [6.07, 6.45) is 4.15. The Hall–Kier alpha value is -1.06. The molecule has 1 atom stereocenters. The van der Waals surface area contributed by atoms with Crippen molar-refractivity contribution in [2.45, 2.75) is 31.8 Å². The molecule has 2 aliphatic rings. The average molecular weight is 168 g/mol. The minimum Gasteiger partial charge on any atom is -0.451 e. The van der Waals surface area contributed by atoms with Crippen molar-refractivity contribution in [2.24, 2.45) is 16.6 Å². The summed E-state index contributed by atoms with van der Waals surface area (Å²) in [6, 6.07) is 0.0388. The van der Waals surface area contributed by atoms with Crippen molar-refractivity contribution < 1.29 is 9.53 Å². The molecule has 2 rings (SSSR count).